The number of H-pyrrole nitrogens is 1. The van der Waals surface area contributed by atoms with E-state index in [1.807, 2.05) is 41.3 Å². The van der Waals surface area contributed by atoms with E-state index in [0.717, 1.165) is 42.5 Å². The van der Waals surface area contributed by atoms with Crippen molar-refractivity contribution in [1.29, 1.82) is 0 Å². The summed E-state index contributed by atoms with van der Waals surface area (Å²) in [6.07, 6.45) is 7.07. The molecule has 12 nitrogen and oxygen atoms in total. The summed E-state index contributed by atoms with van der Waals surface area (Å²) >= 11 is 6.96. The number of urea groups is 1. The number of anilines is 1. The van der Waals surface area contributed by atoms with Gasteiger partial charge in [-0.15, -0.1) is 0 Å². The number of amides is 4. The van der Waals surface area contributed by atoms with Gasteiger partial charge in [-0.05, 0) is 120 Å². The van der Waals surface area contributed by atoms with E-state index in [2.05, 4.69) is 52.4 Å². The molecule has 1 aromatic heterocycles. The van der Waals surface area contributed by atoms with Crippen LogP contribution in [0.1, 0.15) is 63.5 Å². The second kappa shape index (κ2) is 15.7. The third-order valence-electron chi connectivity index (χ3n) is 10.3. The van der Waals surface area contributed by atoms with Gasteiger partial charge in [0.15, 0.2) is 0 Å². The number of nitrogen functional groups attached to an aromatic ring is 1. The number of imidazole rings is 1. The molecule has 3 aliphatic heterocycles. The van der Waals surface area contributed by atoms with Crippen molar-refractivity contribution in [2.45, 2.75) is 82.5 Å². The fourth-order valence-corrected chi connectivity index (χ4v) is 8.87. The fourth-order valence-electron chi connectivity index (χ4n) is 7.59. The molecule has 0 radical (unpaired) electrons. The van der Waals surface area contributed by atoms with Crippen molar-refractivity contribution in [3.63, 3.8) is 0 Å². The number of piperidine rings is 3. The molecule has 4 heterocycles. The normalized spacial score (nSPS) is 19.5. The third-order valence-corrected chi connectivity index (χ3v) is 11.7. The number of fused-ring (bicyclic) bond motifs is 1. The predicted octanol–water partition coefficient (Wildman–Crippen LogP) is 4.38. The summed E-state index contributed by atoms with van der Waals surface area (Å²) in [7, 11) is 0. The van der Waals surface area contributed by atoms with Gasteiger partial charge >= 0.3 is 11.7 Å². The van der Waals surface area contributed by atoms with E-state index in [4.69, 9.17) is 5.73 Å². The van der Waals surface area contributed by atoms with Gasteiger partial charge in [0.1, 0.15) is 12.1 Å². The Labute approximate surface area is 303 Å². The molecule has 2 aromatic carbocycles. The number of aromatic amines is 1. The monoisotopic (exact) mass is 800 g/mol. The van der Waals surface area contributed by atoms with Gasteiger partial charge in [0.05, 0.1) is 16.7 Å². The zero-order chi connectivity index (χ0) is 34.7. The Morgan fingerprint density at radius 1 is 0.878 bits per heavy atom. The van der Waals surface area contributed by atoms with Crippen molar-refractivity contribution in [1.82, 2.24) is 34.9 Å². The topological polar surface area (TPSA) is 149 Å². The number of rotatable bonds is 8. The van der Waals surface area contributed by atoms with Gasteiger partial charge in [0.2, 0.25) is 11.8 Å². The number of hydrogen-bond donors (Lipinski definition) is 4. The highest BCUT2D eigenvalue weighted by Gasteiger charge is 2.33. The van der Waals surface area contributed by atoms with Crippen molar-refractivity contribution in [3.05, 3.63) is 61.4 Å². The van der Waals surface area contributed by atoms with Crippen LogP contribution in [-0.4, -0.2) is 99.5 Å². The van der Waals surface area contributed by atoms with Crippen LogP contribution in [-0.2, 0) is 16.0 Å². The minimum atomic E-state index is -0.941. The third kappa shape index (κ3) is 8.18. The Balaban J connectivity index is 1.09. The van der Waals surface area contributed by atoms with Crippen LogP contribution >= 0.6 is 31.9 Å². The second-order valence-electron chi connectivity index (χ2n) is 13.6. The van der Waals surface area contributed by atoms with Gasteiger partial charge in [-0.3, -0.25) is 14.2 Å². The van der Waals surface area contributed by atoms with Crippen LogP contribution in [0.3, 0.4) is 0 Å². The molecule has 4 amide bonds. The van der Waals surface area contributed by atoms with E-state index in [9.17, 15) is 19.2 Å². The number of nitrogens with one attached hydrogen (secondary N) is 3. The predicted molar refractivity (Wildman–Crippen MR) is 197 cm³/mol. The average Bonchev–Trinajstić information content (AvgIpc) is 3.45. The highest BCUT2D eigenvalue weighted by Crippen LogP contribution is 2.30. The molecule has 49 heavy (non-hydrogen) atoms. The Morgan fingerprint density at radius 3 is 2.16 bits per heavy atom. The number of nitrogens with zero attached hydrogens (tertiary/aromatic N) is 4. The minimum absolute atomic E-state index is 0.0481. The molecule has 0 aliphatic carbocycles. The van der Waals surface area contributed by atoms with Crippen LogP contribution in [0.5, 0.6) is 0 Å². The van der Waals surface area contributed by atoms with Crippen LogP contribution in [0.15, 0.2) is 50.1 Å². The van der Waals surface area contributed by atoms with Crippen LogP contribution in [0.25, 0.3) is 11.0 Å². The molecule has 3 saturated heterocycles. The number of halogens is 2. The van der Waals surface area contributed by atoms with Crippen molar-refractivity contribution in [2.24, 2.45) is 0 Å². The van der Waals surface area contributed by atoms with Crippen molar-refractivity contribution >= 4 is 66.4 Å². The molecule has 5 N–H and O–H groups in total. The van der Waals surface area contributed by atoms with Crippen LogP contribution < -0.4 is 22.1 Å². The van der Waals surface area contributed by atoms with Gasteiger partial charge in [-0.25, -0.2) is 9.59 Å². The lowest BCUT2D eigenvalue weighted by atomic mass is 9.99. The summed E-state index contributed by atoms with van der Waals surface area (Å²) in [6, 6.07) is 9.68. The molecule has 6 rings (SSSR count). The van der Waals surface area contributed by atoms with E-state index in [1.54, 1.807) is 16.4 Å². The number of carbonyl (C=O) groups excluding carboxylic acids is 3. The summed E-state index contributed by atoms with van der Waals surface area (Å²) in [6.45, 7) is 6.20. The molecular formula is C35H46Br2N8O4. The zero-order valence-electron chi connectivity index (χ0n) is 27.9. The van der Waals surface area contributed by atoms with Crippen LogP contribution in [0.4, 0.5) is 10.5 Å². The Kier molecular flexibility index (Phi) is 11.3. The molecule has 3 aliphatic rings. The van der Waals surface area contributed by atoms with Crippen molar-refractivity contribution < 1.29 is 14.4 Å². The average molecular weight is 803 g/mol. The first kappa shape index (κ1) is 35.5. The first-order valence-corrected chi connectivity index (χ1v) is 19.0. The van der Waals surface area contributed by atoms with Crippen molar-refractivity contribution in [2.75, 3.05) is 45.0 Å². The molecule has 0 bridgehead atoms. The summed E-state index contributed by atoms with van der Waals surface area (Å²) in [5.41, 5.74) is 8.91. The van der Waals surface area contributed by atoms with E-state index >= 15 is 0 Å². The maximum atomic E-state index is 13.8. The fraction of sp³-hybridized carbons (Fsp3) is 0.543. The first-order chi connectivity index (χ1) is 23.6. The summed E-state index contributed by atoms with van der Waals surface area (Å²) < 4.78 is 3.13. The number of aromatic nitrogens is 2. The van der Waals surface area contributed by atoms with Gasteiger partial charge in [-0.2, -0.15) is 0 Å². The van der Waals surface area contributed by atoms with E-state index in [-0.39, 0.29) is 30.1 Å². The number of nitrogens with two attached hydrogens (primary N) is 1. The van der Waals surface area contributed by atoms with Gasteiger partial charge < -0.3 is 36.1 Å². The number of benzene rings is 2. The lowest BCUT2D eigenvalue weighted by molar-refractivity contribution is -0.137. The molecule has 0 saturated carbocycles. The zero-order valence-corrected chi connectivity index (χ0v) is 31.1. The minimum Gasteiger partial charge on any atom is -0.397 e. The Hall–Kier alpha value is -3.36. The summed E-state index contributed by atoms with van der Waals surface area (Å²) in [4.78, 5) is 62.7. The quantitative estimate of drug-likeness (QED) is 0.249. The number of para-hydroxylation sites is 2. The molecule has 0 unspecified atom stereocenters. The maximum absolute atomic E-state index is 13.8. The molecule has 3 aromatic rings. The molecule has 3 fully saturated rings. The van der Waals surface area contributed by atoms with E-state index in [1.165, 1.54) is 19.3 Å². The number of likely N-dealkylation sites (tertiary alicyclic amines) is 3. The summed E-state index contributed by atoms with van der Waals surface area (Å²) in [5.74, 6) is -0.537. The number of carbonyl (C=O) groups is 3. The second-order valence-corrected chi connectivity index (χ2v) is 15.3. The highest BCUT2D eigenvalue weighted by atomic mass is 79.9. The standard InChI is InChI=1S/C35H46Br2N8O4/c1-22(33(47)43-15-9-24(10-16-43)42-13-5-2-6-14-42)39-32(46)29(21-23-19-26(36)31(38)27(37)20-23)41-34(48)44-17-11-25(12-18-44)45-30-8-4-3-7-28(30)40-35(45)49/h3-4,7-8,19-20,22,24-25,29H,2,5-6,9-18,21,38H2,1H3,(H,39,46)(H,40,49)(H,41,48)/t22-,29+/m0/s1. The lowest BCUT2D eigenvalue weighted by Gasteiger charge is -2.40. The van der Waals surface area contributed by atoms with Gasteiger partial charge in [-0.1, -0.05) is 18.6 Å². The Bertz CT molecular complexity index is 1700. The highest BCUT2D eigenvalue weighted by molar-refractivity contribution is 9.11. The van der Waals surface area contributed by atoms with Crippen LogP contribution in [0, 0.1) is 0 Å². The molecule has 2 atom stereocenters. The largest absolute Gasteiger partial charge is 0.397 e. The maximum Gasteiger partial charge on any atom is 0.326 e. The molecular weight excluding hydrogens is 756 g/mol. The number of hydrogen-bond acceptors (Lipinski definition) is 6. The lowest BCUT2D eigenvalue weighted by Crippen LogP contribution is -2.57. The summed E-state index contributed by atoms with van der Waals surface area (Å²) in [5, 5.41) is 5.86. The van der Waals surface area contributed by atoms with Gasteiger partial charge in [0, 0.05) is 53.6 Å². The SMILES string of the molecule is C[C@H](NC(=O)[C@@H](Cc1cc(Br)c(N)c(Br)c1)NC(=O)N1CCC(n2c(=O)[nH]c3ccccc32)CC1)C(=O)N1CCC(N2CCCCC2)CC1. The molecule has 0 spiro atoms. The van der Waals surface area contributed by atoms with E-state index in [0.29, 0.717) is 59.7 Å². The Morgan fingerprint density at radius 2 is 1.49 bits per heavy atom. The first-order valence-electron chi connectivity index (χ1n) is 17.4. The molecule has 264 valence electrons. The molecule has 14 heteroatoms. The van der Waals surface area contributed by atoms with Crippen LogP contribution in [0.2, 0.25) is 0 Å². The van der Waals surface area contributed by atoms with E-state index < -0.39 is 18.0 Å². The van der Waals surface area contributed by atoms with Crippen molar-refractivity contribution in [3.8, 4) is 0 Å². The smallest absolute Gasteiger partial charge is 0.326 e. The van der Waals surface area contributed by atoms with Gasteiger partial charge in [0.25, 0.3) is 0 Å².